The predicted molar refractivity (Wildman–Crippen MR) is 96.4 cm³/mol. The molecule has 8 nitrogen and oxygen atoms in total. The first kappa shape index (κ1) is 18.4. The van der Waals surface area contributed by atoms with Gasteiger partial charge in [0.25, 0.3) is 5.69 Å². The average molecular weight is 379 g/mol. The van der Waals surface area contributed by atoms with Crippen molar-refractivity contribution in [1.29, 1.82) is 0 Å². The maximum absolute atomic E-state index is 12.8. The molecular formula is C17H21N3O5S. The third-order valence-corrected chi connectivity index (χ3v) is 6.30. The minimum absolute atomic E-state index is 0.0466. The van der Waals surface area contributed by atoms with Crippen LogP contribution in [0.4, 0.5) is 11.4 Å². The van der Waals surface area contributed by atoms with Gasteiger partial charge in [0.2, 0.25) is 10.0 Å². The molecule has 1 aromatic heterocycles. The Morgan fingerprint density at radius 1 is 1.15 bits per heavy atom. The number of anilines is 1. The molecule has 1 aliphatic rings. The molecule has 1 fully saturated rings. The lowest BCUT2D eigenvalue weighted by molar-refractivity contribution is -0.384. The molecule has 0 aliphatic carbocycles. The molecule has 26 heavy (non-hydrogen) atoms. The Morgan fingerprint density at radius 3 is 2.50 bits per heavy atom. The number of nitrogens with one attached hydrogen (secondary N) is 1. The van der Waals surface area contributed by atoms with Gasteiger partial charge in [-0.3, -0.25) is 10.1 Å². The quantitative estimate of drug-likeness (QED) is 0.609. The fraction of sp³-hybridized carbons (Fsp3) is 0.412. The Bertz CT molecular complexity index is 857. The van der Waals surface area contributed by atoms with E-state index >= 15 is 0 Å². The van der Waals surface area contributed by atoms with Gasteiger partial charge in [0.05, 0.1) is 22.6 Å². The summed E-state index contributed by atoms with van der Waals surface area (Å²) in [7, 11) is -3.73. The smallest absolute Gasteiger partial charge is 0.293 e. The first-order chi connectivity index (χ1) is 12.5. The number of hydrogen-bond donors (Lipinski definition) is 1. The van der Waals surface area contributed by atoms with Crippen molar-refractivity contribution in [2.75, 3.05) is 18.4 Å². The van der Waals surface area contributed by atoms with Crippen LogP contribution >= 0.6 is 0 Å². The summed E-state index contributed by atoms with van der Waals surface area (Å²) in [6.07, 6.45) is 5.14. The van der Waals surface area contributed by atoms with Crippen molar-refractivity contribution < 1.29 is 17.8 Å². The van der Waals surface area contributed by atoms with Gasteiger partial charge in [-0.2, -0.15) is 4.31 Å². The van der Waals surface area contributed by atoms with Crippen LogP contribution in [0.2, 0.25) is 0 Å². The molecule has 1 aromatic carbocycles. The van der Waals surface area contributed by atoms with E-state index in [2.05, 4.69) is 5.32 Å². The minimum Gasteiger partial charge on any atom is -0.467 e. The zero-order chi connectivity index (χ0) is 18.6. The molecule has 1 aliphatic heterocycles. The van der Waals surface area contributed by atoms with Crippen LogP contribution in [0, 0.1) is 10.1 Å². The van der Waals surface area contributed by atoms with Gasteiger partial charge < -0.3 is 9.73 Å². The van der Waals surface area contributed by atoms with Crippen LogP contribution in [-0.2, 0) is 16.6 Å². The highest BCUT2D eigenvalue weighted by molar-refractivity contribution is 7.89. The molecule has 1 saturated heterocycles. The van der Waals surface area contributed by atoms with E-state index < -0.39 is 14.9 Å². The van der Waals surface area contributed by atoms with Gasteiger partial charge in [-0.15, -0.1) is 0 Å². The number of rotatable bonds is 6. The number of nitrogens with zero attached hydrogens (tertiary/aromatic N) is 2. The van der Waals surface area contributed by atoms with E-state index in [-0.39, 0.29) is 22.8 Å². The monoisotopic (exact) mass is 379 g/mol. The average Bonchev–Trinajstić information content (AvgIpc) is 2.99. The predicted octanol–water partition coefficient (Wildman–Crippen LogP) is 3.36. The highest BCUT2D eigenvalue weighted by atomic mass is 32.2. The molecule has 1 N–H and O–H groups in total. The molecule has 9 heteroatoms. The summed E-state index contributed by atoms with van der Waals surface area (Å²) >= 11 is 0. The molecule has 0 amide bonds. The van der Waals surface area contributed by atoms with Crippen molar-refractivity contribution in [1.82, 2.24) is 4.31 Å². The standard InChI is InChI=1S/C17H21N3O5S/c21-20(22)17-12-15(26(23,24)19-9-3-1-2-4-10-19)7-8-16(17)18-13-14-6-5-11-25-14/h5-8,11-12,18H,1-4,9-10,13H2. The van der Waals surface area contributed by atoms with Crippen LogP contribution in [-0.4, -0.2) is 30.7 Å². The van der Waals surface area contributed by atoms with Gasteiger partial charge in [-0.25, -0.2) is 8.42 Å². The third-order valence-electron chi connectivity index (χ3n) is 4.40. The van der Waals surface area contributed by atoms with Crippen LogP contribution in [0.1, 0.15) is 31.4 Å². The van der Waals surface area contributed by atoms with E-state index in [1.807, 2.05) is 0 Å². The van der Waals surface area contributed by atoms with Crippen molar-refractivity contribution in [2.45, 2.75) is 37.1 Å². The van der Waals surface area contributed by atoms with E-state index in [0.717, 1.165) is 31.7 Å². The second-order valence-electron chi connectivity index (χ2n) is 6.19. The van der Waals surface area contributed by atoms with Gasteiger partial charge in [0.1, 0.15) is 11.4 Å². The Kier molecular flexibility index (Phi) is 5.58. The van der Waals surface area contributed by atoms with E-state index in [4.69, 9.17) is 4.42 Å². The second kappa shape index (κ2) is 7.88. The first-order valence-corrected chi connectivity index (χ1v) is 9.97. The fourth-order valence-corrected chi connectivity index (χ4v) is 4.54. The first-order valence-electron chi connectivity index (χ1n) is 8.53. The molecule has 0 saturated carbocycles. The van der Waals surface area contributed by atoms with Crippen molar-refractivity contribution in [3.8, 4) is 0 Å². The number of nitro groups is 1. The summed E-state index contributed by atoms with van der Waals surface area (Å²) in [6.45, 7) is 1.18. The summed E-state index contributed by atoms with van der Waals surface area (Å²) in [5.41, 5.74) is -0.0198. The fourth-order valence-electron chi connectivity index (χ4n) is 3.00. The highest BCUT2D eigenvalue weighted by Gasteiger charge is 2.28. The number of nitro benzene ring substituents is 1. The van der Waals surface area contributed by atoms with Gasteiger partial charge >= 0.3 is 0 Å². The maximum Gasteiger partial charge on any atom is 0.293 e. The third kappa shape index (κ3) is 4.05. The Hall–Kier alpha value is -2.39. The van der Waals surface area contributed by atoms with E-state index in [1.165, 1.54) is 22.7 Å². The topological polar surface area (TPSA) is 106 Å². The second-order valence-corrected chi connectivity index (χ2v) is 8.13. The molecule has 0 bridgehead atoms. The zero-order valence-corrected chi connectivity index (χ0v) is 15.1. The van der Waals surface area contributed by atoms with E-state index in [0.29, 0.717) is 18.8 Å². The van der Waals surface area contributed by atoms with Crippen LogP contribution in [0.15, 0.2) is 45.9 Å². The number of sulfonamides is 1. The summed E-state index contributed by atoms with van der Waals surface area (Å²) in [5, 5.41) is 14.3. The lowest BCUT2D eigenvalue weighted by Crippen LogP contribution is -2.32. The lowest BCUT2D eigenvalue weighted by Gasteiger charge is -2.20. The molecule has 0 unspecified atom stereocenters. The highest BCUT2D eigenvalue weighted by Crippen LogP contribution is 2.30. The Morgan fingerprint density at radius 2 is 1.88 bits per heavy atom. The van der Waals surface area contributed by atoms with Crippen LogP contribution < -0.4 is 5.32 Å². The van der Waals surface area contributed by atoms with Gasteiger partial charge in [0.15, 0.2) is 0 Å². The van der Waals surface area contributed by atoms with Crippen molar-refractivity contribution in [2.24, 2.45) is 0 Å². The summed E-state index contributed by atoms with van der Waals surface area (Å²) < 4.78 is 32.3. The van der Waals surface area contributed by atoms with Gasteiger partial charge in [-0.1, -0.05) is 12.8 Å². The zero-order valence-electron chi connectivity index (χ0n) is 14.3. The number of benzene rings is 1. The summed E-state index contributed by atoms with van der Waals surface area (Å²) in [5.74, 6) is 0.626. The molecule has 3 rings (SSSR count). The molecule has 0 atom stereocenters. The van der Waals surface area contributed by atoms with Crippen LogP contribution in [0.25, 0.3) is 0 Å². The van der Waals surface area contributed by atoms with Gasteiger partial charge in [-0.05, 0) is 37.1 Å². The SMILES string of the molecule is O=[N+]([O-])c1cc(S(=O)(=O)N2CCCCCC2)ccc1NCc1ccco1. The normalized spacial score (nSPS) is 16.2. The van der Waals surface area contributed by atoms with Crippen LogP contribution in [0.5, 0.6) is 0 Å². The van der Waals surface area contributed by atoms with Crippen LogP contribution in [0.3, 0.4) is 0 Å². The Balaban J connectivity index is 1.86. The Labute approximate surface area is 152 Å². The molecular weight excluding hydrogens is 358 g/mol. The van der Waals surface area contributed by atoms with E-state index in [9.17, 15) is 18.5 Å². The molecule has 0 radical (unpaired) electrons. The van der Waals surface area contributed by atoms with Crippen molar-refractivity contribution in [3.05, 3.63) is 52.5 Å². The minimum atomic E-state index is -3.73. The molecule has 2 heterocycles. The van der Waals surface area contributed by atoms with Crippen molar-refractivity contribution in [3.63, 3.8) is 0 Å². The summed E-state index contributed by atoms with van der Waals surface area (Å²) in [6, 6.07) is 7.45. The largest absolute Gasteiger partial charge is 0.467 e. The number of hydrogen-bond acceptors (Lipinski definition) is 6. The van der Waals surface area contributed by atoms with E-state index in [1.54, 1.807) is 12.1 Å². The molecule has 140 valence electrons. The maximum atomic E-state index is 12.8. The molecule has 2 aromatic rings. The number of furan rings is 1. The lowest BCUT2D eigenvalue weighted by atomic mass is 10.2. The molecule has 0 spiro atoms. The summed E-state index contributed by atoms with van der Waals surface area (Å²) in [4.78, 5) is 10.8. The van der Waals surface area contributed by atoms with Gasteiger partial charge in [0, 0.05) is 19.2 Å². The van der Waals surface area contributed by atoms with Crippen molar-refractivity contribution >= 4 is 21.4 Å².